The minimum atomic E-state index is -0.749. The van der Waals surface area contributed by atoms with E-state index in [0.717, 1.165) is 17.3 Å². The molecule has 0 bridgehead atoms. The molecular weight excluding hydrogens is 322 g/mol. The number of rotatable bonds is 4. The number of hydrogen-bond acceptors (Lipinski definition) is 6. The molecule has 1 aliphatic rings. The first kappa shape index (κ1) is 16.5. The van der Waals surface area contributed by atoms with Gasteiger partial charge in [-0.15, -0.1) is 0 Å². The lowest BCUT2D eigenvalue weighted by Crippen LogP contribution is -2.42. The number of ether oxygens (including phenoxy) is 2. The van der Waals surface area contributed by atoms with E-state index in [4.69, 9.17) is 17.0 Å². The number of carbonyl (C=O) groups is 2. The number of benzene rings is 1. The molecule has 0 spiro atoms. The lowest BCUT2D eigenvalue weighted by molar-refractivity contribution is -0.147. The van der Waals surface area contributed by atoms with E-state index < -0.39 is 12.0 Å². The molecule has 1 amide bonds. The van der Waals surface area contributed by atoms with Gasteiger partial charge in [-0.25, -0.2) is 4.79 Å². The van der Waals surface area contributed by atoms with Crippen LogP contribution < -0.4 is 4.74 Å². The molecule has 1 atom stereocenters. The summed E-state index contributed by atoms with van der Waals surface area (Å²) < 4.78 is 10.3. The second-order valence-corrected chi connectivity index (χ2v) is 6.17. The van der Waals surface area contributed by atoms with Gasteiger partial charge in [-0.1, -0.05) is 42.2 Å². The zero-order valence-corrected chi connectivity index (χ0v) is 14.0. The summed E-state index contributed by atoms with van der Waals surface area (Å²) in [7, 11) is 2.85. The lowest BCUT2D eigenvalue weighted by Gasteiger charge is -2.20. The molecule has 0 radical (unpaired) electrons. The Morgan fingerprint density at radius 2 is 2.05 bits per heavy atom. The highest BCUT2D eigenvalue weighted by molar-refractivity contribution is 8.26. The maximum absolute atomic E-state index is 12.5. The SMILES string of the molecule is COC(=O)C(C)N1C(=O)C(=Cc2ccccc2OC)SC1=S. The van der Waals surface area contributed by atoms with Crippen LogP contribution in [0, 0.1) is 0 Å². The molecule has 1 fully saturated rings. The minimum absolute atomic E-state index is 0.307. The summed E-state index contributed by atoms with van der Waals surface area (Å²) in [5, 5.41) is 0. The molecule has 1 aromatic rings. The van der Waals surface area contributed by atoms with Crippen molar-refractivity contribution in [2.45, 2.75) is 13.0 Å². The number of esters is 1. The standard InChI is InChI=1S/C15H15NO4S2/c1-9(14(18)20-3)16-13(17)12(22-15(16)21)8-10-6-4-5-7-11(10)19-2/h4-9H,1-3H3. The number of amides is 1. The van der Waals surface area contributed by atoms with Crippen molar-refractivity contribution >= 4 is 46.3 Å². The van der Waals surface area contributed by atoms with Crippen LogP contribution in [-0.2, 0) is 14.3 Å². The second-order valence-electron chi connectivity index (χ2n) is 4.49. The van der Waals surface area contributed by atoms with Crippen molar-refractivity contribution in [1.82, 2.24) is 4.90 Å². The second kappa shape index (κ2) is 6.93. The largest absolute Gasteiger partial charge is 0.496 e. The molecule has 1 unspecified atom stereocenters. The Hall–Kier alpha value is -1.86. The summed E-state index contributed by atoms with van der Waals surface area (Å²) in [5.74, 6) is -0.151. The predicted molar refractivity (Wildman–Crippen MR) is 89.5 cm³/mol. The highest BCUT2D eigenvalue weighted by Gasteiger charge is 2.38. The Balaban J connectivity index is 2.32. The average Bonchev–Trinajstić information content (AvgIpc) is 2.80. The van der Waals surface area contributed by atoms with Gasteiger partial charge >= 0.3 is 5.97 Å². The van der Waals surface area contributed by atoms with Crippen molar-refractivity contribution in [3.05, 3.63) is 34.7 Å². The van der Waals surface area contributed by atoms with Crippen molar-refractivity contribution in [2.24, 2.45) is 0 Å². The van der Waals surface area contributed by atoms with E-state index in [1.807, 2.05) is 24.3 Å². The molecule has 1 aliphatic heterocycles. The van der Waals surface area contributed by atoms with Gasteiger partial charge in [0, 0.05) is 5.56 Å². The quantitative estimate of drug-likeness (QED) is 0.478. The highest BCUT2D eigenvalue weighted by Crippen LogP contribution is 2.35. The molecule has 116 valence electrons. The Bertz CT molecular complexity index is 657. The molecule has 2 rings (SSSR count). The van der Waals surface area contributed by atoms with E-state index in [1.54, 1.807) is 20.1 Å². The van der Waals surface area contributed by atoms with Gasteiger partial charge in [-0.05, 0) is 19.1 Å². The van der Waals surface area contributed by atoms with Crippen molar-refractivity contribution < 1.29 is 19.1 Å². The Labute approximate surface area is 138 Å². The van der Waals surface area contributed by atoms with Crippen LogP contribution in [-0.4, -0.2) is 41.4 Å². The van der Waals surface area contributed by atoms with Crippen molar-refractivity contribution in [1.29, 1.82) is 0 Å². The van der Waals surface area contributed by atoms with Gasteiger partial charge in [0.25, 0.3) is 5.91 Å². The first-order chi connectivity index (χ1) is 10.5. The van der Waals surface area contributed by atoms with Gasteiger partial charge in [0.1, 0.15) is 16.1 Å². The third kappa shape index (κ3) is 3.15. The van der Waals surface area contributed by atoms with Crippen molar-refractivity contribution in [2.75, 3.05) is 14.2 Å². The van der Waals surface area contributed by atoms with E-state index in [2.05, 4.69) is 4.74 Å². The fraction of sp³-hybridized carbons (Fsp3) is 0.267. The molecule has 22 heavy (non-hydrogen) atoms. The molecule has 5 nitrogen and oxygen atoms in total. The van der Waals surface area contributed by atoms with E-state index in [-0.39, 0.29) is 5.91 Å². The fourth-order valence-electron chi connectivity index (χ4n) is 2.02. The third-order valence-electron chi connectivity index (χ3n) is 3.18. The first-order valence-corrected chi connectivity index (χ1v) is 7.70. The third-order valence-corrected chi connectivity index (χ3v) is 4.51. The van der Waals surface area contributed by atoms with E-state index in [1.165, 1.54) is 12.0 Å². The number of nitrogens with zero attached hydrogens (tertiary/aromatic N) is 1. The summed E-state index contributed by atoms with van der Waals surface area (Å²) in [6.45, 7) is 1.59. The van der Waals surface area contributed by atoms with Crippen molar-refractivity contribution in [3.8, 4) is 5.75 Å². The molecule has 0 aliphatic carbocycles. The maximum Gasteiger partial charge on any atom is 0.328 e. The number of carbonyl (C=O) groups excluding carboxylic acids is 2. The number of thioether (sulfide) groups is 1. The van der Waals surface area contributed by atoms with E-state index in [0.29, 0.717) is 15.0 Å². The maximum atomic E-state index is 12.5. The van der Waals surface area contributed by atoms with Crippen LogP contribution >= 0.6 is 24.0 Å². The van der Waals surface area contributed by atoms with Crippen LogP contribution in [0.15, 0.2) is 29.2 Å². The number of para-hydroxylation sites is 1. The summed E-state index contributed by atoms with van der Waals surface area (Å²) in [6.07, 6.45) is 1.71. The smallest absolute Gasteiger partial charge is 0.328 e. The summed E-state index contributed by atoms with van der Waals surface area (Å²) in [6, 6.07) is 6.60. The van der Waals surface area contributed by atoms with Crippen molar-refractivity contribution in [3.63, 3.8) is 0 Å². The molecular formula is C15H15NO4S2. The van der Waals surface area contributed by atoms with Gasteiger partial charge in [0.15, 0.2) is 0 Å². The molecule has 0 N–H and O–H groups in total. The normalized spacial score (nSPS) is 17.8. The van der Waals surface area contributed by atoms with Gasteiger partial charge in [0.2, 0.25) is 0 Å². The highest BCUT2D eigenvalue weighted by atomic mass is 32.2. The van der Waals surface area contributed by atoms with Gasteiger partial charge in [0.05, 0.1) is 19.1 Å². The zero-order valence-electron chi connectivity index (χ0n) is 12.4. The lowest BCUT2D eigenvalue weighted by atomic mass is 10.2. The summed E-state index contributed by atoms with van der Waals surface area (Å²) >= 11 is 6.36. The van der Waals surface area contributed by atoms with Crippen LogP contribution in [0.4, 0.5) is 0 Å². The number of methoxy groups -OCH3 is 2. The Kier molecular flexibility index (Phi) is 5.20. The predicted octanol–water partition coefficient (Wildman–Crippen LogP) is 2.46. The number of thiocarbonyl (C=S) groups is 1. The monoisotopic (exact) mass is 337 g/mol. The molecule has 1 heterocycles. The van der Waals surface area contributed by atoms with Crippen LogP contribution in [0.3, 0.4) is 0 Å². The Morgan fingerprint density at radius 1 is 1.36 bits per heavy atom. The molecule has 0 aromatic heterocycles. The van der Waals surface area contributed by atoms with Crippen LogP contribution in [0.2, 0.25) is 0 Å². The average molecular weight is 337 g/mol. The first-order valence-electron chi connectivity index (χ1n) is 6.47. The van der Waals surface area contributed by atoms with E-state index >= 15 is 0 Å². The van der Waals surface area contributed by atoms with Crippen LogP contribution in [0.5, 0.6) is 5.75 Å². The van der Waals surface area contributed by atoms with Gasteiger partial charge < -0.3 is 9.47 Å². The summed E-state index contributed by atoms with van der Waals surface area (Å²) in [5.41, 5.74) is 0.774. The van der Waals surface area contributed by atoms with Crippen LogP contribution in [0.25, 0.3) is 6.08 Å². The van der Waals surface area contributed by atoms with Gasteiger partial charge in [-0.3, -0.25) is 9.69 Å². The van der Waals surface area contributed by atoms with E-state index in [9.17, 15) is 9.59 Å². The topological polar surface area (TPSA) is 55.8 Å². The van der Waals surface area contributed by atoms with Crippen LogP contribution in [0.1, 0.15) is 12.5 Å². The zero-order chi connectivity index (χ0) is 16.3. The fourth-order valence-corrected chi connectivity index (χ4v) is 3.43. The minimum Gasteiger partial charge on any atom is -0.496 e. The number of hydrogen-bond donors (Lipinski definition) is 0. The molecule has 1 aromatic carbocycles. The molecule has 0 saturated carbocycles. The summed E-state index contributed by atoms with van der Waals surface area (Å²) in [4.78, 5) is 25.8. The Morgan fingerprint density at radius 3 is 2.68 bits per heavy atom. The molecule has 1 saturated heterocycles. The van der Waals surface area contributed by atoms with Gasteiger partial charge in [-0.2, -0.15) is 0 Å². The molecule has 7 heteroatoms.